The zero-order chi connectivity index (χ0) is 11.3. The lowest BCUT2D eigenvalue weighted by Crippen LogP contribution is -2.19. The van der Waals surface area contributed by atoms with Crippen LogP contribution in [0.1, 0.15) is 13.3 Å². The number of benzene rings is 1. The molecule has 0 spiro atoms. The average molecular weight is 215 g/mol. The van der Waals surface area contributed by atoms with Crippen LogP contribution < -0.4 is 10.5 Å². The van der Waals surface area contributed by atoms with Gasteiger partial charge in [0.25, 0.3) is 0 Å². The van der Waals surface area contributed by atoms with Crippen LogP contribution in [0, 0.1) is 0 Å². The minimum Gasteiger partial charge on any atom is -0.504 e. The van der Waals surface area contributed by atoms with Crippen LogP contribution >= 0.6 is 0 Å². The Balaban J connectivity index is 2.55. The molecule has 4 N–H and O–H groups in total. The van der Waals surface area contributed by atoms with Gasteiger partial charge in [-0.05, 0) is 12.1 Å². The van der Waals surface area contributed by atoms with Crippen LogP contribution in [0.25, 0.3) is 0 Å². The van der Waals surface area contributed by atoms with Gasteiger partial charge in [-0.25, -0.2) is 0 Å². The molecule has 6 nitrogen and oxygen atoms in total. The number of nitrogens with one attached hydrogen (secondary N) is 1. The fourth-order valence-corrected chi connectivity index (χ4v) is 0.859. The first-order chi connectivity index (χ1) is 7.15. The molecule has 0 saturated carbocycles. The molecular weight excluding hydrogens is 202 g/mol. The van der Waals surface area contributed by atoms with Gasteiger partial charge >= 0.3 is 0 Å². The van der Waals surface area contributed by atoms with Crippen molar-refractivity contribution < 1.29 is 25.0 Å². The molecule has 15 heavy (non-hydrogen) atoms. The second-order valence-corrected chi connectivity index (χ2v) is 2.84. The third kappa shape index (κ3) is 3.19. The number of hydrogen-bond donors (Lipinski definition) is 4. The highest BCUT2D eigenvalue weighted by Gasteiger charge is 2.08. The molecule has 1 aromatic carbocycles. The molecule has 1 aromatic rings. The summed E-state index contributed by atoms with van der Waals surface area (Å²) < 4.78 is 0. The van der Waals surface area contributed by atoms with Gasteiger partial charge in [0.2, 0.25) is 5.75 Å². The normalized spacial score (nSPS) is 10.2. The maximum Gasteiger partial charge on any atom is 0.200 e. The number of hydrogen-bond acceptors (Lipinski definition) is 6. The van der Waals surface area contributed by atoms with Crippen LogP contribution in [0.2, 0.25) is 0 Å². The lowest BCUT2D eigenvalue weighted by molar-refractivity contribution is -0.106. The van der Waals surface area contributed by atoms with E-state index in [-0.39, 0.29) is 5.75 Å². The van der Waals surface area contributed by atoms with Gasteiger partial charge in [-0.3, -0.25) is 4.84 Å². The Morgan fingerprint density at radius 1 is 1.20 bits per heavy atom. The fraction of sp³-hybridized carbons (Fsp3) is 0.333. The fourth-order valence-electron chi connectivity index (χ4n) is 0.859. The molecule has 0 fully saturated rings. The summed E-state index contributed by atoms with van der Waals surface area (Å²) in [6.45, 7) is 2.40. The lowest BCUT2D eigenvalue weighted by Gasteiger charge is -2.08. The molecule has 0 unspecified atom stereocenters. The second-order valence-electron chi connectivity index (χ2n) is 2.84. The van der Waals surface area contributed by atoms with Crippen molar-refractivity contribution in [2.45, 2.75) is 13.3 Å². The molecule has 0 amide bonds. The highest BCUT2D eigenvalue weighted by Crippen LogP contribution is 2.37. The summed E-state index contributed by atoms with van der Waals surface area (Å²) in [5, 5.41) is 27.3. The van der Waals surface area contributed by atoms with Crippen molar-refractivity contribution in [2.24, 2.45) is 0 Å². The molecule has 0 bridgehead atoms. The molecule has 0 aliphatic carbocycles. The van der Waals surface area contributed by atoms with Gasteiger partial charge in [-0.15, -0.1) is 0 Å². The van der Waals surface area contributed by atoms with E-state index in [4.69, 9.17) is 25.0 Å². The van der Waals surface area contributed by atoms with Gasteiger partial charge in [0.15, 0.2) is 17.2 Å². The average Bonchev–Trinajstić information content (AvgIpc) is 2.21. The first-order valence-corrected chi connectivity index (χ1v) is 4.43. The van der Waals surface area contributed by atoms with E-state index >= 15 is 0 Å². The summed E-state index contributed by atoms with van der Waals surface area (Å²) >= 11 is 0. The number of phenolic OH excluding ortho intramolecular Hbond substituents is 3. The monoisotopic (exact) mass is 215 g/mol. The molecular formula is C9H13NO5. The van der Waals surface area contributed by atoms with E-state index in [2.05, 4.69) is 5.64 Å². The molecule has 0 aliphatic heterocycles. The highest BCUT2D eigenvalue weighted by molar-refractivity contribution is 5.53. The molecule has 6 heteroatoms. The summed E-state index contributed by atoms with van der Waals surface area (Å²) in [5.74, 6) is -1.40. The second kappa shape index (κ2) is 5.28. The maximum absolute atomic E-state index is 9.13. The standard InChI is InChI=1S/C9H13NO5/c1-2-3-14-10-15-6-4-7(11)9(13)8(12)5-6/h4-5,10-13H,2-3H2,1H3. The van der Waals surface area contributed by atoms with E-state index in [0.29, 0.717) is 6.61 Å². The maximum atomic E-state index is 9.13. The molecule has 84 valence electrons. The first-order valence-electron chi connectivity index (χ1n) is 4.43. The minimum atomic E-state index is -0.586. The molecule has 0 saturated heterocycles. The Kier molecular flexibility index (Phi) is 4.02. The molecule has 0 heterocycles. The summed E-state index contributed by atoms with van der Waals surface area (Å²) in [6.07, 6.45) is 0.822. The van der Waals surface area contributed by atoms with Gasteiger partial charge < -0.3 is 20.2 Å². The Morgan fingerprint density at radius 3 is 2.33 bits per heavy atom. The Labute approximate surface area is 86.6 Å². The van der Waals surface area contributed by atoms with Crippen LogP contribution in [0.3, 0.4) is 0 Å². The largest absolute Gasteiger partial charge is 0.504 e. The van der Waals surface area contributed by atoms with Crippen LogP contribution in [0.15, 0.2) is 12.1 Å². The van der Waals surface area contributed by atoms with Crippen molar-refractivity contribution in [3.63, 3.8) is 0 Å². The van der Waals surface area contributed by atoms with Gasteiger partial charge in [0, 0.05) is 12.1 Å². The van der Waals surface area contributed by atoms with Gasteiger partial charge in [-0.2, -0.15) is 0 Å². The van der Waals surface area contributed by atoms with E-state index in [9.17, 15) is 0 Å². The quantitative estimate of drug-likeness (QED) is 0.333. The summed E-state index contributed by atoms with van der Waals surface area (Å²) in [4.78, 5) is 9.62. The van der Waals surface area contributed by atoms with Gasteiger partial charge in [0.1, 0.15) is 0 Å². The number of aromatic hydroxyl groups is 3. The van der Waals surface area contributed by atoms with Crippen LogP contribution in [0.5, 0.6) is 23.0 Å². The van der Waals surface area contributed by atoms with Gasteiger partial charge in [-0.1, -0.05) is 6.92 Å². The Morgan fingerprint density at radius 2 is 1.80 bits per heavy atom. The Bertz CT molecular complexity index is 305. The van der Waals surface area contributed by atoms with E-state index in [1.165, 1.54) is 0 Å². The van der Waals surface area contributed by atoms with Crippen molar-refractivity contribution in [3.8, 4) is 23.0 Å². The lowest BCUT2D eigenvalue weighted by atomic mass is 10.3. The van der Waals surface area contributed by atoms with Crippen LogP contribution in [-0.4, -0.2) is 21.9 Å². The molecule has 0 aliphatic rings. The van der Waals surface area contributed by atoms with Gasteiger partial charge in [0.05, 0.1) is 6.61 Å². The first kappa shape index (κ1) is 11.4. The highest BCUT2D eigenvalue weighted by atomic mass is 16.9. The molecule has 1 rings (SSSR count). The third-order valence-electron chi connectivity index (χ3n) is 1.57. The SMILES string of the molecule is CCCONOc1cc(O)c(O)c(O)c1. The zero-order valence-corrected chi connectivity index (χ0v) is 8.23. The van der Waals surface area contributed by atoms with Crippen molar-refractivity contribution >= 4 is 0 Å². The summed E-state index contributed by atoms with van der Waals surface area (Å²) in [6, 6.07) is 2.27. The molecule has 0 radical (unpaired) electrons. The number of phenols is 3. The van der Waals surface area contributed by atoms with Crippen LogP contribution in [-0.2, 0) is 4.84 Å². The van der Waals surface area contributed by atoms with Crippen molar-refractivity contribution in [2.75, 3.05) is 6.61 Å². The summed E-state index contributed by atoms with van der Waals surface area (Å²) in [5.41, 5.74) is 2.17. The van der Waals surface area contributed by atoms with E-state index < -0.39 is 17.2 Å². The van der Waals surface area contributed by atoms with E-state index in [0.717, 1.165) is 18.6 Å². The molecule has 0 atom stereocenters. The zero-order valence-electron chi connectivity index (χ0n) is 8.23. The minimum absolute atomic E-state index is 0.124. The number of rotatable bonds is 5. The topological polar surface area (TPSA) is 91.2 Å². The predicted molar refractivity (Wildman–Crippen MR) is 51.4 cm³/mol. The van der Waals surface area contributed by atoms with Crippen molar-refractivity contribution in [3.05, 3.63) is 12.1 Å². The van der Waals surface area contributed by atoms with Crippen molar-refractivity contribution in [1.82, 2.24) is 5.64 Å². The van der Waals surface area contributed by atoms with E-state index in [1.54, 1.807) is 0 Å². The van der Waals surface area contributed by atoms with Crippen molar-refractivity contribution in [1.29, 1.82) is 0 Å². The smallest absolute Gasteiger partial charge is 0.200 e. The van der Waals surface area contributed by atoms with Crippen LogP contribution in [0.4, 0.5) is 0 Å². The predicted octanol–water partition coefficient (Wildman–Crippen LogP) is 1.03. The van der Waals surface area contributed by atoms with E-state index in [1.807, 2.05) is 6.92 Å². The molecule has 0 aromatic heterocycles. The third-order valence-corrected chi connectivity index (χ3v) is 1.57. The Hall–Kier alpha value is -1.66. The summed E-state index contributed by atoms with van der Waals surface area (Å²) in [7, 11) is 0.